The summed E-state index contributed by atoms with van der Waals surface area (Å²) in [5.74, 6) is 0.972. The zero-order valence-corrected chi connectivity index (χ0v) is 19.4. The van der Waals surface area contributed by atoms with Crippen molar-refractivity contribution in [2.45, 2.75) is 6.54 Å². The average Bonchev–Trinajstić information content (AvgIpc) is 3.61. The number of methoxy groups -OCH3 is 1. The SMILES string of the molecule is COc1ccc(-c2nc(CN3CCN(C(=O)c4sccc4-n4cccc4)CC3)cs2)cc1. The van der Waals surface area contributed by atoms with Crippen LogP contribution in [0.2, 0.25) is 0 Å². The highest BCUT2D eigenvalue weighted by molar-refractivity contribution is 7.13. The van der Waals surface area contributed by atoms with Gasteiger partial charge in [-0.2, -0.15) is 0 Å². The standard InChI is InChI=1S/C24H24N4O2S2/c1-30-20-6-4-18(5-7-20)23-25-19(17-32-23)16-26-11-13-28(14-12-26)24(29)22-21(8-15-31-22)27-9-2-3-10-27/h2-10,15,17H,11-14,16H2,1H3. The predicted octanol–water partition coefficient (Wildman–Crippen LogP) is 4.63. The summed E-state index contributed by atoms with van der Waals surface area (Å²) in [6, 6.07) is 14.0. The number of thiazole rings is 1. The number of hydrogen-bond donors (Lipinski definition) is 0. The van der Waals surface area contributed by atoms with Gasteiger partial charge in [0.25, 0.3) is 5.91 Å². The Hall–Kier alpha value is -2.94. The van der Waals surface area contributed by atoms with Crippen molar-refractivity contribution in [3.05, 3.63) is 76.2 Å². The Morgan fingerprint density at radius 2 is 1.78 bits per heavy atom. The number of aromatic nitrogens is 2. The summed E-state index contributed by atoms with van der Waals surface area (Å²) in [4.78, 5) is 23.1. The lowest BCUT2D eigenvalue weighted by Gasteiger charge is -2.34. The van der Waals surface area contributed by atoms with E-state index in [-0.39, 0.29) is 5.91 Å². The van der Waals surface area contributed by atoms with E-state index < -0.39 is 0 Å². The molecule has 0 radical (unpaired) electrons. The van der Waals surface area contributed by atoms with E-state index in [0.29, 0.717) is 0 Å². The van der Waals surface area contributed by atoms with Crippen LogP contribution in [0.15, 0.2) is 65.6 Å². The number of ether oxygens (including phenoxy) is 1. The first-order valence-electron chi connectivity index (χ1n) is 10.5. The van der Waals surface area contributed by atoms with Crippen LogP contribution in [0, 0.1) is 0 Å². The molecule has 0 unspecified atom stereocenters. The van der Waals surface area contributed by atoms with Gasteiger partial charge in [0.2, 0.25) is 0 Å². The second-order valence-corrected chi connectivity index (χ2v) is 9.44. The van der Waals surface area contributed by atoms with Gasteiger partial charge in [0, 0.05) is 56.1 Å². The third-order valence-corrected chi connectivity index (χ3v) is 7.49. The first kappa shape index (κ1) is 20.9. The number of hydrogen-bond acceptors (Lipinski definition) is 6. The summed E-state index contributed by atoms with van der Waals surface area (Å²) in [5.41, 5.74) is 3.14. The fraction of sp³-hybridized carbons (Fsp3) is 0.250. The van der Waals surface area contributed by atoms with E-state index in [4.69, 9.17) is 9.72 Å². The van der Waals surface area contributed by atoms with Crippen LogP contribution >= 0.6 is 22.7 Å². The van der Waals surface area contributed by atoms with Gasteiger partial charge < -0.3 is 14.2 Å². The minimum atomic E-state index is 0.124. The molecule has 164 valence electrons. The molecule has 8 heteroatoms. The molecule has 0 spiro atoms. The summed E-state index contributed by atoms with van der Waals surface area (Å²) in [6.07, 6.45) is 3.95. The van der Waals surface area contributed by atoms with Crippen molar-refractivity contribution in [1.82, 2.24) is 19.4 Å². The van der Waals surface area contributed by atoms with Gasteiger partial charge in [-0.1, -0.05) is 0 Å². The van der Waals surface area contributed by atoms with Gasteiger partial charge >= 0.3 is 0 Å². The van der Waals surface area contributed by atoms with Crippen LogP contribution in [0.4, 0.5) is 0 Å². The maximum Gasteiger partial charge on any atom is 0.266 e. The Labute approximate surface area is 195 Å². The lowest BCUT2D eigenvalue weighted by atomic mass is 10.2. The van der Waals surface area contributed by atoms with E-state index in [1.54, 1.807) is 18.4 Å². The minimum absolute atomic E-state index is 0.124. The van der Waals surface area contributed by atoms with Gasteiger partial charge in [0.1, 0.15) is 15.6 Å². The predicted molar refractivity (Wildman–Crippen MR) is 129 cm³/mol. The van der Waals surface area contributed by atoms with Crippen LogP contribution < -0.4 is 4.74 Å². The molecular weight excluding hydrogens is 440 g/mol. The largest absolute Gasteiger partial charge is 0.497 e. The summed E-state index contributed by atoms with van der Waals surface area (Å²) >= 11 is 3.18. The molecule has 1 saturated heterocycles. The third kappa shape index (κ3) is 4.34. The Kier molecular flexibility index (Phi) is 6.07. The van der Waals surface area contributed by atoms with E-state index in [2.05, 4.69) is 10.3 Å². The molecule has 0 N–H and O–H groups in total. The molecule has 0 saturated carbocycles. The van der Waals surface area contributed by atoms with Gasteiger partial charge in [-0.3, -0.25) is 9.69 Å². The van der Waals surface area contributed by atoms with Crippen molar-refractivity contribution in [2.75, 3.05) is 33.3 Å². The second kappa shape index (κ2) is 9.28. The van der Waals surface area contributed by atoms with Crippen LogP contribution in [0.25, 0.3) is 16.3 Å². The molecule has 3 aromatic heterocycles. The van der Waals surface area contributed by atoms with E-state index in [1.165, 1.54) is 11.3 Å². The quantitative estimate of drug-likeness (QED) is 0.418. The highest BCUT2D eigenvalue weighted by atomic mass is 32.1. The molecule has 1 aromatic carbocycles. The fourth-order valence-electron chi connectivity index (χ4n) is 3.89. The maximum atomic E-state index is 13.1. The topological polar surface area (TPSA) is 50.6 Å². The highest BCUT2D eigenvalue weighted by Gasteiger charge is 2.25. The molecule has 1 aliphatic heterocycles. The molecule has 0 atom stereocenters. The zero-order chi connectivity index (χ0) is 21.9. The molecule has 4 aromatic rings. The number of carbonyl (C=O) groups is 1. The van der Waals surface area contributed by atoms with Crippen molar-refractivity contribution >= 4 is 28.6 Å². The van der Waals surface area contributed by atoms with Gasteiger partial charge in [-0.05, 0) is 47.8 Å². The number of thiophene rings is 1. The molecule has 1 amide bonds. The molecule has 1 aliphatic rings. The molecule has 0 bridgehead atoms. The van der Waals surface area contributed by atoms with Crippen LogP contribution in [-0.2, 0) is 6.54 Å². The Bertz CT molecular complexity index is 1170. The first-order valence-corrected chi connectivity index (χ1v) is 12.3. The van der Waals surface area contributed by atoms with Crippen molar-refractivity contribution in [3.8, 4) is 22.0 Å². The first-order chi connectivity index (χ1) is 15.7. The monoisotopic (exact) mass is 464 g/mol. The normalized spacial score (nSPS) is 14.6. The number of nitrogens with zero attached hydrogens (tertiary/aromatic N) is 4. The summed E-state index contributed by atoms with van der Waals surface area (Å²) in [7, 11) is 1.67. The van der Waals surface area contributed by atoms with Gasteiger partial charge in [-0.25, -0.2) is 4.98 Å². The van der Waals surface area contributed by atoms with E-state index in [0.717, 1.165) is 65.3 Å². The van der Waals surface area contributed by atoms with Gasteiger partial charge in [0.15, 0.2) is 0 Å². The zero-order valence-electron chi connectivity index (χ0n) is 17.8. The van der Waals surface area contributed by atoms with Crippen LogP contribution in [0.1, 0.15) is 15.4 Å². The summed E-state index contributed by atoms with van der Waals surface area (Å²) in [5, 5.41) is 5.14. The number of rotatable bonds is 6. The Morgan fingerprint density at radius 3 is 2.50 bits per heavy atom. The van der Waals surface area contributed by atoms with Gasteiger partial charge in [-0.15, -0.1) is 22.7 Å². The lowest BCUT2D eigenvalue weighted by molar-refractivity contribution is 0.0632. The van der Waals surface area contributed by atoms with Crippen molar-refractivity contribution in [2.24, 2.45) is 0 Å². The molecule has 6 nitrogen and oxygen atoms in total. The van der Waals surface area contributed by atoms with E-state index in [1.807, 2.05) is 69.7 Å². The van der Waals surface area contributed by atoms with Crippen molar-refractivity contribution < 1.29 is 9.53 Å². The minimum Gasteiger partial charge on any atom is -0.497 e. The smallest absolute Gasteiger partial charge is 0.266 e. The summed E-state index contributed by atoms with van der Waals surface area (Å²) in [6.45, 7) is 3.98. The molecule has 1 fully saturated rings. The third-order valence-electron chi connectivity index (χ3n) is 5.66. The van der Waals surface area contributed by atoms with E-state index in [9.17, 15) is 4.79 Å². The summed E-state index contributed by atoms with van der Waals surface area (Å²) < 4.78 is 7.24. The highest BCUT2D eigenvalue weighted by Crippen LogP contribution is 2.27. The maximum absolute atomic E-state index is 13.1. The number of piperazine rings is 1. The number of carbonyl (C=O) groups excluding carboxylic acids is 1. The van der Waals surface area contributed by atoms with Crippen LogP contribution in [0.3, 0.4) is 0 Å². The van der Waals surface area contributed by atoms with Gasteiger partial charge in [0.05, 0.1) is 18.5 Å². The van der Waals surface area contributed by atoms with Crippen molar-refractivity contribution in [1.29, 1.82) is 0 Å². The Balaban J connectivity index is 1.18. The average molecular weight is 465 g/mol. The van der Waals surface area contributed by atoms with E-state index >= 15 is 0 Å². The molecule has 5 rings (SSSR count). The number of benzene rings is 1. The molecule has 0 aliphatic carbocycles. The Morgan fingerprint density at radius 1 is 1.03 bits per heavy atom. The van der Waals surface area contributed by atoms with Crippen molar-refractivity contribution in [3.63, 3.8) is 0 Å². The van der Waals surface area contributed by atoms with Crippen LogP contribution in [0.5, 0.6) is 5.75 Å². The second-order valence-electron chi connectivity index (χ2n) is 7.67. The molecular formula is C24H24N4O2S2. The van der Waals surface area contributed by atoms with Crippen LogP contribution in [-0.4, -0.2) is 58.5 Å². The molecule has 4 heterocycles. The number of amides is 1. The molecule has 32 heavy (non-hydrogen) atoms. The lowest BCUT2D eigenvalue weighted by Crippen LogP contribution is -2.48. The fourth-order valence-corrected chi connectivity index (χ4v) is 5.56.